The van der Waals surface area contributed by atoms with E-state index in [4.69, 9.17) is 11.6 Å². The number of thioether (sulfide) groups is 1. The molecule has 1 aliphatic rings. The second-order valence-corrected chi connectivity index (χ2v) is 9.22. The molecule has 0 radical (unpaired) electrons. The van der Waals surface area contributed by atoms with E-state index < -0.39 is 0 Å². The van der Waals surface area contributed by atoms with Crippen LogP contribution in [0, 0.1) is 11.7 Å². The summed E-state index contributed by atoms with van der Waals surface area (Å²) in [5.41, 5.74) is 1.64. The fourth-order valence-electron chi connectivity index (χ4n) is 3.67. The summed E-state index contributed by atoms with van der Waals surface area (Å²) in [5.74, 6) is 1.21. The molecule has 2 atom stereocenters. The van der Waals surface area contributed by atoms with Crippen molar-refractivity contribution in [1.82, 2.24) is 4.90 Å². The summed E-state index contributed by atoms with van der Waals surface area (Å²) in [5, 5.41) is 0.646. The number of nitrogens with zero attached hydrogens (tertiary/aromatic N) is 1. The molecule has 3 nitrogen and oxygen atoms in total. The summed E-state index contributed by atoms with van der Waals surface area (Å²) in [6.07, 6.45) is 0. The normalized spacial score (nSPS) is 17.9. The van der Waals surface area contributed by atoms with Gasteiger partial charge < -0.3 is 9.80 Å². The summed E-state index contributed by atoms with van der Waals surface area (Å²) in [7, 11) is 0. The van der Waals surface area contributed by atoms with Crippen molar-refractivity contribution in [3.63, 3.8) is 0 Å². The molecule has 1 unspecified atom stereocenters. The Balaban J connectivity index is 1.73. The van der Waals surface area contributed by atoms with Crippen molar-refractivity contribution >= 4 is 29.3 Å². The number of carbonyl (C=O) groups is 1. The largest absolute Gasteiger partial charge is 0.323 e. The predicted molar refractivity (Wildman–Crippen MR) is 114 cm³/mol. The maximum Gasteiger partial charge on any atom is 0.278 e. The summed E-state index contributed by atoms with van der Waals surface area (Å²) >= 11 is 8.12. The van der Waals surface area contributed by atoms with Gasteiger partial charge in [-0.2, -0.15) is 0 Å². The maximum atomic E-state index is 14.1. The zero-order chi connectivity index (χ0) is 20.1. The number of hydrogen-bond donors (Lipinski definition) is 1. The molecule has 1 fully saturated rings. The van der Waals surface area contributed by atoms with Crippen molar-refractivity contribution in [1.29, 1.82) is 0 Å². The molecule has 1 N–H and O–H groups in total. The Morgan fingerprint density at radius 3 is 2.68 bits per heavy atom. The van der Waals surface area contributed by atoms with Crippen molar-refractivity contribution in [2.24, 2.45) is 5.92 Å². The number of amides is 1. The minimum Gasteiger partial charge on any atom is -0.323 e. The summed E-state index contributed by atoms with van der Waals surface area (Å²) in [4.78, 5) is 16.2. The van der Waals surface area contributed by atoms with Crippen molar-refractivity contribution in [3.8, 4) is 0 Å². The minimum atomic E-state index is -0.207. The molecule has 150 valence electrons. The van der Waals surface area contributed by atoms with Crippen LogP contribution in [0.4, 0.5) is 4.39 Å². The number of hydrogen-bond acceptors (Lipinski definition) is 2. The lowest BCUT2D eigenvalue weighted by Gasteiger charge is -2.28. The van der Waals surface area contributed by atoms with Gasteiger partial charge in [-0.1, -0.05) is 61.8 Å². The third-order valence-electron chi connectivity index (χ3n) is 4.88. The number of quaternary nitrogens is 1. The molecular weight excluding hydrogens is 395 g/mol. The second-order valence-electron chi connectivity index (χ2n) is 7.62. The van der Waals surface area contributed by atoms with Gasteiger partial charge in [-0.15, -0.1) is 11.8 Å². The molecule has 1 aliphatic heterocycles. The molecule has 0 saturated carbocycles. The van der Waals surface area contributed by atoms with Crippen LogP contribution in [-0.2, 0) is 11.3 Å². The Kier molecular flexibility index (Phi) is 7.38. The molecule has 6 heteroatoms. The molecule has 0 spiro atoms. The van der Waals surface area contributed by atoms with Crippen molar-refractivity contribution in [2.45, 2.75) is 25.8 Å². The van der Waals surface area contributed by atoms with Crippen molar-refractivity contribution in [2.75, 3.05) is 25.4 Å². The van der Waals surface area contributed by atoms with Gasteiger partial charge in [-0.3, -0.25) is 4.79 Å². The molecule has 1 amide bonds. The van der Waals surface area contributed by atoms with Crippen LogP contribution in [0.2, 0.25) is 5.02 Å². The van der Waals surface area contributed by atoms with Gasteiger partial charge in [0.1, 0.15) is 17.7 Å². The van der Waals surface area contributed by atoms with Crippen LogP contribution in [0.5, 0.6) is 0 Å². The predicted octanol–water partition coefficient (Wildman–Crippen LogP) is 3.79. The van der Waals surface area contributed by atoms with Gasteiger partial charge >= 0.3 is 0 Å². The first-order valence-electron chi connectivity index (χ1n) is 9.68. The van der Waals surface area contributed by atoms with Crippen LogP contribution in [-0.4, -0.2) is 36.2 Å². The van der Waals surface area contributed by atoms with Crippen LogP contribution in [0.25, 0.3) is 0 Å². The number of benzene rings is 2. The number of carbonyl (C=O) groups excluding carboxylic acids is 1. The highest BCUT2D eigenvalue weighted by Crippen LogP contribution is 2.40. The molecule has 28 heavy (non-hydrogen) atoms. The highest BCUT2D eigenvalue weighted by atomic mass is 35.5. The zero-order valence-corrected chi connectivity index (χ0v) is 17.9. The van der Waals surface area contributed by atoms with E-state index in [1.165, 1.54) is 6.07 Å². The topological polar surface area (TPSA) is 24.8 Å². The summed E-state index contributed by atoms with van der Waals surface area (Å²) in [6.45, 7) is 6.66. The first-order valence-corrected chi connectivity index (χ1v) is 11.1. The highest BCUT2D eigenvalue weighted by molar-refractivity contribution is 7.99. The fourth-order valence-corrected chi connectivity index (χ4v) is 5.29. The monoisotopic (exact) mass is 421 g/mol. The molecule has 2 aromatic rings. The quantitative estimate of drug-likeness (QED) is 0.735. The first kappa shape index (κ1) is 21.2. The lowest BCUT2D eigenvalue weighted by Crippen LogP contribution is -3.12. The SMILES string of the molecule is CC(C)C[NH+](CC(=O)N1CCS[C@H]1c1ccccc1Cl)Cc1ccccc1F. The van der Waals surface area contributed by atoms with Crippen LogP contribution in [0.15, 0.2) is 48.5 Å². The minimum absolute atomic E-state index is 0.0463. The molecule has 0 bridgehead atoms. The van der Waals surface area contributed by atoms with E-state index >= 15 is 0 Å². The van der Waals surface area contributed by atoms with E-state index in [9.17, 15) is 9.18 Å². The van der Waals surface area contributed by atoms with E-state index in [0.29, 0.717) is 36.1 Å². The van der Waals surface area contributed by atoms with Gasteiger partial charge in [0.05, 0.1) is 6.54 Å². The molecule has 3 rings (SSSR count). The third-order valence-corrected chi connectivity index (χ3v) is 6.47. The first-order chi connectivity index (χ1) is 13.5. The standard InChI is InChI=1S/C22H26ClFN2OS/c1-16(2)13-25(14-17-7-3-6-10-20(17)24)15-21(27)26-11-12-28-22(26)18-8-4-5-9-19(18)23/h3-10,16,22H,11-15H2,1-2H3/p+1/t22-/m0/s1. The lowest BCUT2D eigenvalue weighted by atomic mass is 10.1. The van der Waals surface area contributed by atoms with Gasteiger partial charge in [0, 0.05) is 34.4 Å². The summed E-state index contributed by atoms with van der Waals surface area (Å²) < 4.78 is 14.1. The number of nitrogens with one attached hydrogen (secondary N) is 1. The Labute approximate surface area is 175 Å². The Morgan fingerprint density at radius 1 is 1.25 bits per heavy atom. The van der Waals surface area contributed by atoms with Crippen LogP contribution < -0.4 is 4.90 Å². The fraction of sp³-hybridized carbons (Fsp3) is 0.409. The van der Waals surface area contributed by atoms with E-state index in [-0.39, 0.29) is 17.1 Å². The molecule has 1 saturated heterocycles. The van der Waals surface area contributed by atoms with Crippen LogP contribution >= 0.6 is 23.4 Å². The van der Waals surface area contributed by atoms with Gasteiger partial charge in [-0.05, 0) is 12.1 Å². The number of halogens is 2. The molecule has 1 heterocycles. The Morgan fingerprint density at radius 2 is 1.96 bits per heavy atom. The third kappa shape index (κ3) is 5.28. The smallest absolute Gasteiger partial charge is 0.278 e. The van der Waals surface area contributed by atoms with Crippen molar-refractivity contribution < 1.29 is 14.1 Å². The maximum absolute atomic E-state index is 14.1. The Hall–Kier alpha value is -1.56. The molecular formula is C22H27ClFN2OS+. The molecule has 2 aromatic carbocycles. The van der Waals surface area contributed by atoms with Gasteiger partial charge in [-0.25, -0.2) is 4.39 Å². The molecule has 0 aliphatic carbocycles. The Bertz CT molecular complexity index is 817. The number of rotatable bonds is 7. The van der Waals surface area contributed by atoms with Crippen LogP contribution in [0.1, 0.15) is 30.3 Å². The van der Waals surface area contributed by atoms with Crippen LogP contribution in [0.3, 0.4) is 0 Å². The lowest BCUT2D eigenvalue weighted by molar-refractivity contribution is -0.909. The highest BCUT2D eigenvalue weighted by Gasteiger charge is 2.33. The zero-order valence-electron chi connectivity index (χ0n) is 16.3. The second kappa shape index (κ2) is 9.77. The average molecular weight is 422 g/mol. The average Bonchev–Trinajstić information content (AvgIpc) is 3.13. The van der Waals surface area contributed by atoms with E-state index in [2.05, 4.69) is 13.8 Å². The van der Waals surface area contributed by atoms with Gasteiger partial charge in [0.15, 0.2) is 6.54 Å². The van der Waals surface area contributed by atoms with Gasteiger partial charge in [0.2, 0.25) is 0 Å². The van der Waals surface area contributed by atoms with E-state index in [1.54, 1.807) is 23.9 Å². The van der Waals surface area contributed by atoms with E-state index in [0.717, 1.165) is 22.8 Å². The summed E-state index contributed by atoms with van der Waals surface area (Å²) in [6, 6.07) is 14.5. The molecule has 0 aromatic heterocycles. The van der Waals surface area contributed by atoms with Crippen molar-refractivity contribution in [3.05, 3.63) is 70.5 Å². The van der Waals surface area contributed by atoms with Gasteiger partial charge in [0.25, 0.3) is 5.91 Å². The van der Waals surface area contributed by atoms with E-state index in [1.807, 2.05) is 35.2 Å².